The maximum absolute atomic E-state index is 3.66. The zero-order valence-corrected chi connectivity index (χ0v) is 7.56. The molecule has 0 fully saturated rings. The minimum atomic E-state index is 0.898. The van der Waals surface area contributed by atoms with Crippen molar-refractivity contribution in [2.24, 2.45) is 0 Å². The molecule has 1 unspecified atom stereocenters. The average molecular weight is 165 g/mol. The van der Waals surface area contributed by atoms with Gasteiger partial charge in [0.15, 0.2) is 0 Å². The fourth-order valence-corrected chi connectivity index (χ4v) is 1.07. The first kappa shape index (κ1) is 8.29. The Kier molecular flexibility index (Phi) is 3.13. The molecule has 1 atom stereocenters. The first-order valence-electron chi connectivity index (χ1n) is 3.51. The summed E-state index contributed by atoms with van der Waals surface area (Å²) < 4.78 is 1.97. The molecule has 11 heavy (non-hydrogen) atoms. The molecule has 0 aliphatic carbocycles. The van der Waals surface area contributed by atoms with Crippen molar-refractivity contribution in [2.75, 3.05) is 0 Å². The smallest absolute Gasteiger partial charge is 0.0456 e. The summed E-state index contributed by atoms with van der Waals surface area (Å²) in [5, 5.41) is 0. The third-order valence-electron chi connectivity index (χ3n) is 1.44. The Bertz CT molecular complexity index is 220. The molecule has 0 spiro atoms. The summed E-state index contributed by atoms with van der Waals surface area (Å²) in [4.78, 5) is 0. The lowest BCUT2D eigenvalue weighted by atomic mass is 10.2. The second kappa shape index (κ2) is 4.15. The zero-order valence-electron chi connectivity index (χ0n) is 6.40. The van der Waals surface area contributed by atoms with Crippen LogP contribution in [0.1, 0.15) is 5.56 Å². The maximum Gasteiger partial charge on any atom is 0.0456 e. The second-order valence-electron chi connectivity index (χ2n) is 2.34. The van der Waals surface area contributed by atoms with E-state index in [1.54, 1.807) is 6.20 Å². The van der Waals surface area contributed by atoms with E-state index in [9.17, 15) is 0 Å². The number of nitrogens with zero attached hydrogens (tertiary/aromatic N) is 1. The number of hydrogen-bond donors (Lipinski definition) is 0. The van der Waals surface area contributed by atoms with Gasteiger partial charge in [-0.15, -0.1) is 0 Å². The molecule has 1 rings (SSSR count). The highest BCUT2D eigenvalue weighted by atomic mass is 31.0. The van der Waals surface area contributed by atoms with Crippen molar-refractivity contribution < 1.29 is 0 Å². The van der Waals surface area contributed by atoms with Gasteiger partial charge in [0.05, 0.1) is 0 Å². The van der Waals surface area contributed by atoms with Gasteiger partial charge in [-0.05, 0) is 21.2 Å². The van der Waals surface area contributed by atoms with E-state index in [1.807, 2.05) is 22.9 Å². The molecule has 0 heterocycles. The van der Waals surface area contributed by atoms with Gasteiger partial charge < -0.3 is 4.67 Å². The zero-order chi connectivity index (χ0) is 8.10. The molecule has 0 saturated carbocycles. The fraction of sp³-hybridized carbons (Fsp3) is 0.111. The molecule has 0 radical (unpaired) electrons. The monoisotopic (exact) mass is 165 g/mol. The van der Waals surface area contributed by atoms with E-state index < -0.39 is 0 Å². The molecule has 0 bridgehead atoms. The maximum atomic E-state index is 3.66. The van der Waals surface area contributed by atoms with E-state index in [2.05, 4.69) is 28.1 Å². The SMILES string of the molecule is C=CN(P)Cc1ccccc1. The van der Waals surface area contributed by atoms with Crippen molar-refractivity contribution in [3.63, 3.8) is 0 Å². The quantitative estimate of drug-likeness (QED) is 0.622. The van der Waals surface area contributed by atoms with Gasteiger partial charge in [-0.1, -0.05) is 36.9 Å². The molecule has 0 saturated heterocycles. The fourth-order valence-electron chi connectivity index (χ4n) is 0.859. The van der Waals surface area contributed by atoms with Crippen LogP contribution in [0.4, 0.5) is 0 Å². The molecular weight excluding hydrogens is 153 g/mol. The molecular formula is C9H12NP. The van der Waals surface area contributed by atoms with E-state index in [4.69, 9.17) is 0 Å². The largest absolute Gasteiger partial charge is 0.358 e. The van der Waals surface area contributed by atoms with Crippen molar-refractivity contribution in [1.29, 1.82) is 0 Å². The average Bonchev–Trinajstić information content (AvgIpc) is 2.06. The van der Waals surface area contributed by atoms with Crippen molar-refractivity contribution in [2.45, 2.75) is 6.54 Å². The van der Waals surface area contributed by atoms with Gasteiger partial charge in [0.1, 0.15) is 0 Å². The number of benzene rings is 1. The summed E-state index contributed by atoms with van der Waals surface area (Å²) >= 11 is 0. The molecule has 1 aromatic carbocycles. The first-order valence-corrected chi connectivity index (χ1v) is 4.02. The summed E-state index contributed by atoms with van der Waals surface area (Å²) in [6.07, 6.45) is 1.79. The lowest BCUT2D eigenvalue weighted by Gasteiger charge is -2.11. The van der Waals surface area contributed by atoms with Gasteiger partial charge in [0.2, 0.25) is 0 Å². The van der Waals surface area contributed by atoms with Gasteiger partial charge >= 0.3 is 0 Å². The van der Waals surface area contributed by atoms with E-state index in [-0.39, 0.29) is 0 Å². The summed E-state index contributed by atoms with van der Waals surface area (Å²) in [6.45, 7) is 4.56. The van der Waals surface area contributed by atoms with E-state index in [0.717, 1.165) is 6.54 Å². The Morgan fingerprint density at radius 1 is 1.36 bits per heavy atom. The van der Waals surface area contributed by atoms with Crippen LogP contribution in [0.2, 0.25) is 0 Å². The van der Waals surface area contributed by atoms with Crippen LogP contribution in [0.5, 0.6) is 0 Å². The Balaban J connectivity index is 2.57. The minimum absolute atomic E-state index is 0.898. The minimum Gasteiger partial charge on any atom is -0.358 e. The molecule has 0 amide bonds. The van der Waals surface area contributed by atoms with Gasteiger partial charge in [-0.2, -0.15) is 0 Å². The van der Waals surface area contributed by atoms with Crippen molar-refractivity contribution in [1.82, 2.24) is 4.67 Å². The van der Waals surface area contributed by atoms with E-state index in [1.165, 1.54) is 5.56 Å². The predicted octanol–water partition coefficient (Wildman–Crippen LogP) is 2.42. The Morgan fingerprint density at radius 2 is 2.00 bits per heavy atom. The van der Waals surface area contributed by atoms with Crippen molar-refractivity contribution in [3.8, 4) is 0 Å². The van der Waals surface area contributed by atoms with Crippen LogP contribution >= 0.6 is 9.39 Å². The third-order valence-corrected chi connectivity index (χ3v) is 1.84. The third kappa shape index (κ3) is 2.73. The highest BCUT2D eigenvalue weighted by Gasteiger charge is 1.91. The van der Waals surface area contributed by atoms with Crippen LogP contribution in [0.25, 0.3) is 0 Å². The van der Waals surface area contributed by atoms with Gasteiger partial charge in [-0.25, -0.2) is 0 Å². The normalized spacial score (nSPS) is 9.18. The molecule has 58 valence electrons. The Hall–Kier alpha value is -0.810. The van der Waals surface area contributed by atoms with Crippen molar-refractivity contribution >= 4 is 9.39 Å². The topological polar surface area (TPSA) is 3.24 Å². The first-order chi connectivity index (χ1) is 5.33. The summed E-state index contributed by atoms with van der Waals surface area (Å²) in [5.41, 5.74) is 1.29. The highest BCUT2D eigenvalue weighted by molar-refractivity contribution is 7.13. The van der Waals surface area contributed by atoms with Gasteiger partial charge in [0.25, 0.3) is 0 Å². The second-order valence-corrected chi connectivity index (χ2v) is 3.00. The number of rotatable bonds is 3. The highest BCUT2D eigenvalue weighted by Crippen LogP contribution is 2.07. The van der Waals surface area contributed by atoms with Crippen LogP contribution in [0, 0.1) is 0 Å². The van der Waals surface area contributed by atoms with Crippen LogP contribution in [-0.2, 0) is 6.54 Å². The molecule has 1 nitrogen and oxygen atoms in total. The summed E-state index contributed by atoms with van der Waals surface area (Å²) in [7, 11) is 2.60. The van der Waals surface area contributed by atoms with E-state index >= 15 is 0 Å². The van der Waals surface area contributed by atoms with Crippen LogP contribution < -0.4 is 0 Å². The summed E-state index contributed by atoms with van der Waals surface area (Å²) in [6, 6.07) is 10.3. The lowest BCUT2D eigenvalue weighted by Crippen LogP contribution is -2.00. The Morgan fingerprint density at radius 3 is 2.55 bits per heavy atom. The summed E-state index contributed by atoms with van der Waals surface area (Å²) in [5.74, 6) is 0. The van der Waals surface area contributed by atoms with E-state index in [0.29, 0.717) is 0 Å². The van der Waals surface area contributed by atoms with Gasteiger partial charge in [-0.3, -0.25) is 0 Å². The van der Waals surface area contributed by atoms with Crippen molar-refractivity contribution in [3.05, 3.63) is 48.7 Å². The molecule has 0 aliphatic heterocycles. The molecule has 0 aromatic heterocycles. The Labute approximate surface area is 70.0 Å². The lowest BCUT2D eigenvalue weighted by molar-refractivity contribution is 0.620. The van der Waals surface area contributed by atoms with Crippen LogP contribution in [0.3, 0.4) is 0 Å². The predicted molar refractivity (Wildman–Crippen MR) is 51.9 cm³/mol. The molecule has 2 heteroatoms. The molecule has 0 N–H and O–H groups in total. The standard InChI is InChI=1S/C9H12NP/c1-2-10(11)8-9-6-4-3-5-7-9/h2-7H,1,8,11H2. The molecule has 1 aromatic rings. The van der Waals surface area contributed by atoms with Crippen LogP contribution in [0.15, 0.2) is 43.1 Å². The number of hydrogen-bond acceptors (Lipinski definition) is 1. The molecule has 0 aliphatic rings. The van der Waals surface area contributed by atoms with Gasteiger partial charge in [0, 0.05) is 6.54 Å². The van der Waals surface area contributed by atoms with Crippen LogP contribution in [-0.4, -0.2) is 4.67 Å².